The minimum absolute atomic E-state index is 0.133. The van der Waals surface area contributed by atoms with Crippen LogP contribution in [0.5, 0.6) is 0 Å². The molecule has 0 atom stereocenters. The molecule has 0 spiro atoms. The molecule has 110 valence electrons. The number of esters is 1. The minimum atomic E-state index is -0.312. The van der Waals surface area contributed by atoms with E-state index in [-0.39, 0.29) is 18.7 Å². The van der Waals surface area contributed by atoms with E-state index in [1.807, 2.05) is 50.3 Å². The molecule has 0 heterocycles. The van der Waals surface area contributed by atoms with Crippen LogP contribution in [0, 0.1) is 5.92 Å². The van der Waals surface area contributed by atoms with Gasteiger partial charge in [0.25, 0.3) is 0 Å². The van der Waals surface area contributed by atoms with Crippen LogP contribution in [0.3, 0.4) is 0 Å². The first kappa shape index (κ1) is 16.4. The molecule has 0 saturated heterocycles. The lowest BCUT2D eigenvalue weighted by Gasteiger charge is -2.12. The van der Waals surface area contributed by atoms with Gasteiger partial charge in [0.05, 0.1) is 18.3 Å². The molecule has 0 fully saturated rings. The Morgan fingerprint density at radius 1 is 1.15 bits per heavy atom. The molecular weight excluding hydrogens is 252 g/mol. The van der Waals surface area contributed by atoms with Crippen molar-refractivity contribution in [3.8, 4) is 0 Å². The van der Waals surface area contributed by atoms with Crippen LogP contribution >= 0.6 is 0 Å². The fourth-order valence-electron chi connectivity index (χ4n) is 1.60. The third-order valence-electron chi connectivity index (χ3n) is 2.45. The summed E-state index contributed by atoms with van der Waals surface area (Å²) in [5, 5.41) is 0. The first-order valence-electron chi connectivity index (χ1n) is 7.03. The Morgan fingerprint density at radius 3 is 2.35 bits per heavy atom. The highest BCUT2D eigenvalue weighted by molar-refractivity contribution is 5.94. The van der Waals surface area contributed by atoms with Crippen LogP contribution in [0.1, 0.15) is 33.3 Å². The van der Waals surface area contributed by atoms with E-state index in [1.165, 1.54) is 0 Å². The average molecular weight is 276 g/mol. The molecule has 1 aromatic carbocycles. The molecule has 0 bridgehead atoms. The lowest BCUT2D eigenvalue weighted by atomic mass is 10.1. The molecule has 20 heavy (non-hydrogen) atoms. The van der Waals surface area contributed by atoms with Gasteiger partial charge < -0.3 is 9.47 Å². The summed E-state index contributed by atoms with van der Waals surface area (Å²) in [5.74, 6) is 0.127. The molecule has 3 heteroatoms. The van der Waals surface area contributed by atoms with Gasteiger partial charge in [-0.2, -0.15) is 0 Å². The zero-order chi connectivity index (χ0) is 15.0. The maximum Gasteiger partial charge on any atom is 0.336 e. The maximum absolute atomic E-state index is 12.1. The maximum atomic E-state index is 12.1. The Labute approximate surface area is 121 Å². The number of rotatable bonds is 7. The monoisotopic (exact) mass is 276 g/mol. The van der Waals surface area contributed by atoms with Crippen molar-refractivity contribution in [3.63, 3.8) is 0 Å². The van der Waals surface area contributed by atoms with Gasteiger partial charge in [0.1, 0.15) is 0 Å². The van der Waals surface area contributed by atoms with Gasteiger partial charge in [-0.3, -0.25) is 0 Å². The third-order valence-corrected chi connectivity index (χ3v) is 2.45. The van der Waals surface area contributed by atoms with Gasteiger partial charge in [0.15, 0.2) is 0 Å². The standard InChI is InChI=1S/C17H24O3/c1-13(2)11-19-12-16(17(18)20-14(3)4)10-15-8-6-5-7-9-15/h5-10,13-14H,11-12H2,1-4H3. The number of carbonyl (C=O) groups is 1. The second-order valence-electron chi connectivity index (χ2n) is 5.44. The van der Waals surface area contributed by atoms with Crippen LogP contribution in [0.15, 0.2) is 35.9 Å². The van der Waals surface area contributed by atoms with Gasteiger partial charge >= 0.3 is 5.97 Å². The summed E-state index contributed by atoms with van der Waals surface area (Å²) in [6.07, 6.45) is 1.69. The van der Waals surface area contributed by atoms with Crippen molar-refractivity contribution < 1.29 is 14.3 Å². The lowest BCUT2D eigenvalue weighted by Crippen LogP contribution is -2.17. The summed E-state index contributed by atoms with van der Waals surface area (Å²) in [7, 11) is 0. The molecule has 0 N–H and O–H groups in total. The summed E-state index contributed by atoms with van der Waals surface area (Å²) in [6, 6.07) is 9.72. The lowest BCUT2D eigenvalue weighted by molar-refractivity contribution is -0.143. The summed E-state index contributed by atoms with van der Waals surface area (Å²) >= 11 is 0. The van der Waals surface area contributed by atoms with Gasteiger partial charge in [-0.1, -0.05) is 44.2 Å². The van der Waals surface area contributed by atoms with Crippen LogP contribution < -0.4 is 0 Å². The second-order valence-corrected chi connectivity index (χ2v) is 5.44. The topological polar surface area (TPSA) is 35.5 Å². The van der Waals surface area contributed by atoms with E-state index >= 15 is 0 Å². The second kappa shape index (κ2) is 8.54. The van der Waals surface area contributed by atoms with Crippen LogP contribution in [-0.2, 0) is 14.3 Å². The van der Waals surface area contributed by atoms with E-state index in [0.717, 1.165) is 5.56 Å². The Balaban J connectivity index is 2.78. The van der Waals surface area contributed by atoms with Crippen molar-refractivity contribution in [2.75, 3.05) is 13.2 Å². The van der Waals surface area contributed by atoms with E-state index in [1.54, 1.807) is 0 Å². The van der Waals surface area contributed by atoms with Gasteiger partial charge in [-0.05, 0) is 31.4 Å². The molecule has 0 unspecified atom stereocenters. The van der Waals surface area contributed by atoms with Crippen molar-refractivity contribution in [1.29, 1.82) is 0 Å². The highest BCUT2D eigenvalue weighted by Crippen LogP contribution is 2.10. The average Bonchev–Trinajstić information content (AvgIpc) is 2.37. The summed E-state index contributed by atoms with van der Waals surface area (Å²) in [6.45, 7) is 8.74. The van der Waals surface area contributed by atoms with Crippen molar-refractivity contribution in [2.24, 2.45) is 5.92 Å². The van der Waals surface area contributed by atoms with E-state index in [0.29, 0.717) is 18.1 Å². The summed E-state index contributed by atoms with van der Waals surface area (Å²) in [4.78, 5) is 12.1. The normalized spacial score (nSPS) is 12.0. The predicted octanol–water partition coefficient (Wildman–Crippen LogP) is 3.69. The zero-order valence-electron chi connectivity index (χ0n) is 12.8. The third kappa shape index (κ3) is 6.53. The number of carbonyl (C=O) groups excluding carboxylic acids is 1. The molecule has 0 aromatic heterocycles. The SMILES string of the molecule is CC(C)COCC(=Cc1ccccc1)C(=O)OC(C)C. The molecule has 1 aromatic rings. The van der Waals surface area contributed by atoms with Crippen LogP contribution in [0.25, 0.3) is 6.08 Å². The van der Waals surface area contributed by atoms with Crippen LogP contribution in [0.2, 0.25) is 0 Å². The number of benzene rings is 1. The molecular formula is C17H24O3. The van der Waals surface area contributed by atoms with E-state index in [2.05, 4.69) is 13.8 Å². The molecule has 0 aliphatic heterocycles. The van der Waals surface area contributed by atoms with Gasteiger partial charge in [0.2, 0.25) is 0 Å². The van der Waals surface area contributed by atoms with Crippen LogP contribution in [0.4, 0.5) is 0 Å². The first-order valence-corrected chi connectivity index (χ1v) is 7.03. The molecule has 3 nitrogen and oxygen atoms in total. The molecule has 1 rings (SSSR count). The summed E-state index contributed by atoms with van der Waals surface area (Å²) in [5.41, 5.74) is 1.52. The smallest absolute Gasteiger partial charge is 0.336 e. The Morgan fingerprint density at radius 2 is 1.80 bits per heavy atom. The summed E-state index contributed by atoms with van der Waals surface area (Å²) < 4.78 is 10.8. The highest BCUT2D eigenvalue weighted by atomic mass is 16.5. The zero-order valence-corrected chi connectivity index (χ0v) is 12.8. The fourth-order valence-corrected chi connectivity index (χ4v) is 1.60. The molecule has 0 aliphatic rings. The predicted molar refractivity (Wildman–Crippen MR) is 81.3 cm³/mol. The van der Waals surface area contributed by atoms with Crippen LogP contribution in [-0.4, -0.2) is 25.3 Å². The number of hydrogen-bond acceptors (Lipinski definition) is 3. The Kier molecular flexibility index (Phi) is 7.02. The quantitative estimate of drug-likeness (QED) is 0.563. The van der Waals surface area contributed by atoms with Crippen molar-refractivity contribution in [2.45, 2.75) is 33.8 Å². The van der Waals surface area contributed by atoms with Crippen molar-refractivity contribution in [3.05, 3.63) is 41.5 Å². The minimum Gasteiger partial charge on any atom is -0.460 e. The largest absolute Gasteiger partial charge is 0.460 e. The first-order chi connectivity index (χ1) is 9.49. The molecule has 0 radical (unpaired) electrons. The van der Waals surface area contributed by atoms with Gasteiger partial charge in [0, 0.05) is 6.61 Å². The number of ether oxygens (including phenoxy) is 2. The number of hydrogen-bond donors (Lipinski definition) is 0. The fraction of sp³-hybridized carbons (Fsp3) is 0.471. The van der Waals surface area contributed by atoms with Crippen molar-refractivity contribution >= 4 is 12.0 Å². The van der Waals surface area contributed by atoms with Crippen molar-refractivity contribution in [1.82, 2.24) is 0 Å². The van der Waals surface area contributed by atoms with E-state index in [4.69, 9.17) is 9.47 Å². The van der Waals surface area contributed by atoms with Gasteiger partial charge in [-0.25, -0.2) is 4.79 Å². The molecule has 0 saturated carbocycles. The Bertz CT molecular complexity index is 433. The highest BCUT2D eigenvalue weighted by Gasteiger charge is 2.13. The van der Waals surface area contributed by atoms with E-state index < -0.39 is 0 Å². The Hall–Kier alpha value is -1.61. The molecule has 0 aliphatic carbocycles. The van der Waals surface area contributed by atoms with Gasteiger partial charge in [-0.15, -0.1) is 0 Å². The van der Waals surface area contributed by atoms with E-state index in [9.17, 15) is 4.79 Å². The molecule has 0 amide bonds.